The number of aromatic nitrogens is 1. The monoisotopic (exact) mass is 318 g/mol. The van der Waals surface area contributed by atoms with Crippen LogP contribution in [-0.4, -0.2) is 18.1 Å². The molecule has 22 heavy (non-hydrogen) atoms. The molecule has 8 heteroatoms. The summed E-state index contributed by atoms with van der Waals surface area (Å²) in [6, 6.07) is 5.22. The summed E-state index contributed by atoms with van der Waals surface area (Å²) in [5.41, 5.74) is -0.837. The number of pyridine rings is 1. The van der Waals surface area contributed by atoms with E-state index in [1.54, 1.807) is 0 Å². The lowest BCUT2D eigenvalue weighted by molar-refractivity contribution is -0.137. The number of alkyl halides is 3. The quantitative estimate of drug-likeness (QED) is 0.671. The van der Waals surface area contributed by atoms with E-state index >= 15 is 0 Å². The Hall–Kier alpha value is -2.38. The maximum atomic E-state index is 12.9. The number of nitrogens with zero attached hydrogens (tertiary/aromatic N) is 1. The average molecular weight is 318 g/mol. The molecule has 0 saturated carbocycles. The molecule has 0 spiro atoms. The van der Waals surface area contributed by atoms with Gasteiger partial charge in [0.05, 0.1) is 12.1 Å². The van der Waals surface area contributed by atoms with Crippen LogP contribution in [0.15, 0.2) is 36.5 Å². The van der Waals surface area contributed by atoms with E-state index in [0.29, 0.717) is 0 Å². The standard InChI is InChI=1S/C14H11F5N2O/c15-11-3-2-10(7-12(11)16)22-6-5-20-13-4-1-9(8-21-13)14(17,18)19/h1-4,7-8H,5-6H2,(H,20,21). The summed E-state index contributed by atoms with van der Waals surface area (Å²) >= 11 is 0. The van der Waals surface area contributed by atoms with Crippen LogP contribution in [0.5, 0.6) is 5.75 Å². The third kappa shape index (κ3) is 4.31. The molecule has 1 aromatic carbocycles. The Morgan fingerprint density at radius 1 is 1.05 bits per heavy atom. The highest BCUT2D eigenvalue weighted by atomic mass is 19.4. The van der Waals surface area contributed by atoms with Crippen molar-refractivity contribution in [1.29, 1.82) is 0 Å². The summed E-state index contributed by atoms with van der Waals surface area (Å²) in [5, 5.41) is 2.75. The fraction of sp³-hybridized carbons (Fsp3) is 0.214. The number of hydrogen-bond donors (Lipinski definition) is 1. The molecule has 0 saturated heterocycles. The molecule has 0 radical (unpaired) electrons. The number of benzene rings is 1. The highest BCUT2D eigenvalue weighted by Gasteiger charge is 2.30. The van der Waals surface area contributed by atoms with Crippen LogP contribution in [0.2, 0.25) is 0 Å². The van der Waals surface area contributed by atoms with Crippen LogP contribution in [-0.2, 0) is 6.18 Å². The summed E-state index contributed by atoms with van der Waals surface area (Å²) < 4.78 is 67.8. The van der Waals surface area contributed by atoms with Crippen molar-refractivity contribution in [3.8, 4) is 5.75 Å². The van der Waals surface area contributed by atoms with E-state index < -0.39 is 23.4 Å². The Kier molecular flexibility index (Phi) is 4.79. The number of hydrogen-bond acceptors (Lipinski definition) is 3. The molecule has 118 valence electrons. The summed E-state index contributed by atoms with van der Waals surface area (Å²) in [4.78, 5) is 3.62. The third-order valence-electron chi connectivity index (χ3n) is 2.66. The van der Waals surface area contributed by atoms with Gasteiger partial charge in [-0.05, 0) is 24.3 Å². The van der Waals surface area contributed by atoms with Gasteiger partial charge >= 0.3 is 6.18 Å². The highest BCUT2D eigenvalue weighted by Crippen LogP contribution is 2.28. The highest BCUT2D eigenvalue weighted by molar-refractivity contribution is 5.36. The van der Waals surface area contributed by atoms with Crippen molar-refractivity contribution in [1.82, 2.24) is 4.98 Å². The molecule has 1 N–H and O–H groups in total. The van der Waals surface area contributed by atoms with Gasteiger partial charge in [-0.25, -0.2) is 13.8 Å². The third-order valence-corrected chi connectivity index (χ3v) is 2.66. The van der Waals surface area contributed by atoms with Gasteiger partial charge in [0.25, 0.3) is 0 Å². The van der Waals surface area contributed by atoms with Crippen LogP contribution >= 0.6 is 0 Å². The fourth-order valence-corrected chi connectivity index (χ4v) is 1.58. The van der Waals surface area contributed by atoms with Gasteiger partial charge in [-0.15, -0.1) is 0 Å². The summed E-state index contributed by atoms with van der Waals surface area (Å²) in [5.74, 6) is -1.59. The van der Waals surface area contributed by atoms with E-state index in [9.17, 15) is 22.0 Å². The van der Waals surface area contributed by atoms with Crippen LogP contribution < -0.4 is 10.1 Å². The normalized spacial score (nSPS) is 11.3. The second kappa shape index (κ2) is 6.59. The number of ether oxygens (including phenoxy) is 1. The molecular formula is C14H11F5N2O. The minimum absolute atomic E-state index is 0.105. The molecule has 0 aliphatic heterocycles. The van der Waals surface area contributed by atoms with Gasteiger partial charge in [-0.3, -0.25) is 0 Å². The smallest absolute Gasteiger partial charge is 0.417 e. The van der Waals surface area contributed by atoms with E-state index in [4.69, 9.17) is 4.74 Å². The lowest BCUT2D eigenvalue weighted by Gasteiger charge is -2.10. The van der Waals surface area contributed by atoms with E-state index in [0.717, 1.165) is 24.4 Å². The lowest BCUT2D eigenvalue weighted by Crippen LogP contribution is -2.13. The molecular weight excluding hydrogens is 307 g/mol. The Morgan fingerprint density at radius 2 is 1.82 bits per heavy atom. The molecule has 1 heterocycles. The molecule has 2 rings (SSSR count). The Bertz CT molecular complexity index is 628. The summed E-state index contributed by atoms with van der Waals surface area (Å²) in [6.07, 6.45) is -3.71. The molecule has 0 bridgehead atoms. The number of rotatable bonds is 5. The van der Waals surface area contributed by atoms with E-state index in [1.165, 1.54) is 12.1 Å². The second-order valence-corrected chi connectivity index (χ2v) is 4.28. The van der Waals surface area contributed by atoms with Crippen LogP contribution in [0.4, 0.5) is 27.8 Å². The number of anilines is 1. The van der Waals surface area contributed by atoms with Gasteiger partial charge in [0, 0.05) is 12.3 Å². The van der Waals surface area contributed by atoms with Gasteiger partial charge in [-0.1, -0.05) is 0 Å². The van der Waals surface area contributed by atoms with Crippen molar-refractivity contribution in [2.45, 2.75) is 6.18 Å². The molecule has 3 nitrogen and oxygen atoms in total. The Labute approximate surface area is 122 Å². The molecule has 0 atom stereocenters. The molecule has 2 aromatic rings. The molecule has 0 aliphatic rings. The van der Waals surface area contributed by atoms with Gasteiger partial charge in [0.15, 0.2) is 11.6 Å². The predicted molar refractivity (Wildman–Crippen MR) is 69.6 cm³/mol. The first kappa shape index (κ1) is 16.0. The van der Waals surface area contributed by atoms with Crippen molar-refractivity contribution < 1.29 is 26.7 Å². The van der Waals surface area contributed by atoms with Crippen molar-refractivity contribution in [3.63, 3.8) is 0 Å². The van der Waals surface area contributed by atoms with Crippen molar-refractivity contribution in [3.05, 3.63) is 53.7 Å². The zero-order valence-electron chi connectivity index (χ0n) is 11.1. The Morgan fingerprint density at radius 3 is 2.41 bits per heavy atom. The summed E-state index contributed by atoms with van der Waals surface area (Å²) in [6.45, 7) is 0.338. The summed E-state index contributed by atoms with van der Waals surface area (Å²) in [7, 11) is 0. The zero-order chi connectivity index (χ0) is 16.2. The van der Waals surface area contributed by atoms with Gasteiger partial charge in [0.2, 0.25) is 0 Å². The van der Waals surface area contributed by atoms with Crippen LogP contribution in [0.25, 0.3) is 0 Å². The minimum atomic E-state index is -4.43. The number of halogens is 5. The lowest BCUT2D eigenvalue weighted by atomic mass is 10.3. The zero-order valence-corrected chi connectivity index (χ0v) is 11.1. The molecule has 0 aliphatic carbocycles. The average Bonchev–Trinajstić information content (AvgIpc) is 2.47. The predicted octanol–water partition coefficient (Wildman–Crippen LogP) is 3.87. The first-order chi connectivity index (χ1) is 10.4. The first-order valence-corrected chi connectivity index (χ1v) is 6.21. The maximum absolute atomic E-state index is 12.9. The number of nitrogens with one attached hydrogen (secondary N) is 1. The van der Waals surface area contributed by atoms with Gasteiger partial charge < -0.3 is 10.1 Å². The molecule has 1 aromatic heterocycles. The van der Waals surface area contributed by atoms with Crippen molar-refractivity contribution in [2.24, 2.45) is 0 Å². The van der Waals surface area contributed by atoms with Crippen molar-refractivity contribution in [2.75, 3.05) is 18.5 Å². The van der Waals surface area contributed by atoms with Crippen LogP contribution in [0, 0.1) is 11.6 Å². The van der Waals surface area contributed by atoms with Crippen LogP contribution in [0.1, 0.15) is 5.56 Å². The first-order valence-electron chi connectivity index (χ1n) is 6.21. The molecule has 0 fully saturated rings. The Balaban J connectivity index is 1.80. The second-order valence-electron chi connectivity index (χ2n) is 4.28. The SMILES string of the molecule is Fc1ccc(OCCNc2ccc(C(F)(F)F)cn2)cc1F. The maximum Gasteiger partial charge on any atom is 0.417 e. The minimum Gasteiger partial charge on any atom is -0.492 e. The van der Waals surface area contributed by atoms with E-state index in [-0.39, 0.29) is 24.7 Å². The van der Waals surface area contributed by atoms with Crippen LogP contribution in [0.3, 0.4) is 0 Å². The molecule has 0 amide bonds. The van der Waals surface area contributed by atoms with Gasteiger partial charge in [0.1, 0.15) is 18.2 Å². The van der Waals surface area contributed by atoms with E-state index in [1.807, 2.05) is 0 Å². The fourth-order valence-electron chi connectivity index (χ4n) is 1.58. The van der Waals surface area contributed by atoms with E-state index in [2.05, 4.69) is 10.3 Å². The van der Waals surface area contributed by atoms with Crippen molar-refractivity contribution >= 4 is 5.82 Å². The molecule has 0 unspecified atom stereocenters. The largest absolute Gasteiger partial charge is 0.492 e. The van der Waals surface area contributed by atoms with Gasteiger partial charge in [-0.2, -0.15) is 13.2 Å². The topological polar surface area (TPSA) is 34.1 Å².